The molecule has 20 heavy (non-hydrogen) atoms. The van der Waals surface area contributed by atoms with Crippen molar-refractivity contribution in [2.75, 3.05) is 5.32 Å². The van der Waals surface area contributed by atoms with Gasteiger partial charge in [-0.2, -0.15) is 0 Å². The second-order valence-corrected chi connectivity index (χ2v) is 5.63. The van der Waals surface area contributed by atoms with Crippen molar-refractivity contribution in [3.63, 3.8) is 0 Å². The Morgan fingerprint density at radius 2 is 2.10 bits per heavy atom. The number of aromatic nitrogens is 1. The molecule has 4 nitrogen and oxygen atoms in total. The van der Waals surface area contributed by atoms with Crippen LogP contribution in [0.4, 0.5) is 5.69 Å². The monoisotopic (exact) mass is 268 g/mol. The lowest BCUT2D eigenvalue weighted by Crippen LogP contribution is -2.14. The van der Waals surface area contributed by atoms with Crippen LogP contribution in [-0.4, -0.2) is 10.9 Å². The molecule has 0 bridgehead atoms. The van der Waals surface area contributed by atoms with E-state index in [1.54, 1.807) is 0 Å². The zero-order valence-corrected chi connectivity index (χ0v) is 11.2. The number of carbonyl (C=O) groups excluding carboxylic acids is 1. The molecule has 1 amide bonds. The fourth-order valence-electron chi connectivity index (χ4n) is 2.90. The van der Waals surface area contributed by atoms with Crippen LogP contribution in [0.2, 0.25) is 0 Å². The molecular weight excluding hydrogens is 252 g/mol. The van der Waals surface area contributed by atoms with Gasteiger partial charge < -0.3 is 9.73 Å². The van der Waals surface area contributed by atoms with Crippen LogP contribution in [0.3, 0.4) is 0 Å². The summed E-state index contributed by atoms with van der Waals surface area (Å²) in [5.41, 5.74) is 4.04. The van der Waals surface area contributed by atoms with E-state index in [9.17, 15) is 4.79 Å². The number of amides is 1. The van der Waals surface area contributed by atoms with Crippen molar-refractivity contribution in [1.82, 2.24) is 4.98 Å². The smallest absolute Gasteiger partial charge is 0.277 e. The van der Waals surface area contributed by atoms with Gasteiger partial charge in [-0.3, -0.25) is 4.79 Å². The Labute approximate surface area is 117 Å². The molecule has 4 rings (SSSR count). The van der Waals surface area contributed by atoms with Crippen LogP contribution in [0, 0.1) is 0 Å². The van der Waals surface area contributed by atoms with Gasteiger partial charge in [0.15, 0.2) is 12.1 Å². The van der Waals surface area contributed by atoms with E-state index in [1.165, 1.54) is 23.9 Å². The molecule has 1 saturated carbocycles. The highest BCUT2D eigenvalue weighted by Crippen LogP contribution is 2.41. The minimum Gasteiger partial charge on any atom is -0.447 e. The molecule has 1 aromatic carbocycles. The molecule has 0 atom stereocenters. The Morgan fingerprint density at radius 3 is 2.95 bits per heavy atom. The van der Waals surface area contributed by atoms with Crippen LogP contribution < -0.4 is 5.32 Å². The first-order chi connectivity index (χ1) is 9.81. The fourth-order valence-corrected chi connectivity index (χ4v) is 2.90. The summed E-state index contributed by atoms with van der Waals surface area (Å²) >= 11 is 0. The standard InChI is InChI=1S/C16H16N2O2/c19-16(14-15(11-4-5-11)20-9-17-14)18-13-7-6-10-2-1-3-12(10)8-13/h6-9,11H,1-5H2,(H,18,19). The molecule has 1 heterocycles. The number of nitrogens with zero attached hydrogens (tertiary/aromatic N) is 1. The van der Waals surface area contributed by atoms with Gasteiger partial charge in [-0.05, 0) is 55.4 Å². The summed E-state index contributed by atoms with van der Waals surface area (Å²) in [5.74, 6) is 0.959. The zero-order chi connectivity index (χ0) is 13.5. The lowest BCUT2D eigenvalue weighted by Gasteiger charge is -2.06. The van der Waals surface area contributed by atoms with E-state index in [1.807, 2.05) is 6.07 Å². The second kappa shape index (κ2) is 4.47. The van der Waals surface area contributed by atoms with Crippen molar-refractivity contribution < 1.29 is 9.21 Å². The summed E-state index contributed by atoms with van der Waals surface area (Å²) in [4.78, 5) is 16.4. The summed E-state index contributed by atoms with van der Waals surface area (Å²) < 4.78 is 5.35. The van der Waals surface area contributed by atoms with Crippen molar-refractivity contribution in [2.24, 2.45) is 0 Å². The maximum Gasteiger partial charge on any atom is 0.277 e. The van der Waals surface area contributed by atoms with Crippen LogP contribution in [0.15, 0.2) is 29.0 Å². The Hall–Kier alpha value is -2.10. The third kappa shape index (κ3) is 2.01. The molecule has 102 valence electrons. The summed E-state index contributed by atoms with van der Waals surface area (Å²) in [6.45, 7) is 0. The van der Waals surface area contributed by atoms with Gasteiger partial charge in [0, 0.05) is 11.6 Å². The van der Waals surface area contributed by atoms with Crippen LogP contribution in [0.25, 0.3) is 0 Å². The minimum absolute atomic E-state index is 0.168. The number of nitrogens with one attached hydrogen (secondary N) is 1. The van der Waals surface area contributed by atoms with Crippen LogP contribution in [0.5, 0.6) is 0 Å². The normalized spacial score (nSPS) is 17.0. The lowest BCUT2D eigenvalue weighted by atomic mass is 10.1. The lowest BCUT2D eigenvalue weighted by molar-refractivity contribution is 0.102. The average Bonchev–Trinajstić information content (AvgIpc) is 3.01. The first-order valence-electron chi connectivity index (χ1n) is 7.18. The highest BCUT2D eigenvalue weighted by Gasteiger charge is 2.32. The van der Waals surface area contributed by atoms with Gasteiger partial charge in [-0.1, -0.05) is 6.07 Å². The van der Waals surface area contributed by atoms with Crippen LogP contribution >= 0.6 is 0 Å². The van der Waals surface area contributed by atoms with E-state index in [0.29, 0.717) is 11.6 Å². The van der Waals surface area contributed by atoms with Crippen molar-refractivity contribution in [3.05, 3.63) is 47.2 Å². The van der Waals surface area contributed by atoms with Gasteiger partial charge in [0.1, 0.15) is 5.76 Å². The largest absolute Gasteiger partial charge is 0.447 e. The van der Waals surface area contributed by atoms with E-state index in [2.05, 4.69) is 22.4 Å². The Balaban J connectivity index is 1.56. The molecule has 2 aliphatic carbocycles. The van der Waals surface area contributed by atoms with Crippen molar-refractivity contribution in [1.29, 1.82) is 0 Å². The average molecular weight is 268 g/mol. The molecule has 0 unspecified atom stereocenters. The van der Waals surface area contributed by atoms with Gasteiger partial charge >= 0.3 is 0 Å². The molecule has 0 saturated heterocycles. The molecule has 0 spiro atoms. The topological polar surface area (TPSA) is 55.1 Å². The predicted molar refractivity (Wildman–Crippen MR) is 74.9 cm³/mol. The molecular formula is C16H16N2O2. The number of fused-ring (bicyclic) bond motifs is 1. The fraction of sp³-hybridized carbons (Fsp3) is 0.375. The molecule has 4 heteroatoms. The predicted octanol–water partition coefficient (Wildman–Crippen LogP) is 3.29. The highest BCUT2D eigenvalue weighted by atomic mass is 16.3. The first kappa shape index (κ1) is 11.7. The van der Waals surface area contributed by atoms with Crippen LogP contribution in [0.1, 0.15) is 52.6 Å². The maximum atomic E-state index is 12.3. The summed E-state index contributed by atoms with van der Waals surface area (Å²) in [7, 11) is 0. The molecule has 1 aromatic heterocycles. The highest BCUT2D eigenvalue weighted by molar-refractivity contribution is 6.03. The molecule has 1 fully saturated rings. The minimum atomic E-state index is -0.168. The Morgan fingerprint density at radius 1 is 1.25 bits per heavy atom. The number of rotatable bonds is 3. The first-order valence-corrected chi connectivity index (χ1v) is 7.18. The number of carbonyl (C=O) groups is 1. The third-order valence-electron chi connectivity index (χ3n) is 4.11. The summed E-state index contributed by atoms with van der Waals surface area (Å²) in [5, 5.41) is 2.94. The molecule has 2 aliphatic rings. The number of hydrogen-bond donors (Lipinski definition) is 1. The number of anilines is 1. The number of aryl methyl sites for hydroxylation is 2. The SMILES string of the molecule is O=C(Nc1ccc2c(c1)CCC2)c1ncoc1C1CC1. The number of benzene rings is 1. The van der Waals surface area contributed by atoms with E-state index < -0.39 is 0 Å². The van der Waals surface area contributed by atoms with Gasteiger partial charge in [-0.15, -0.1) is 0 Å². The van der Waals surface area contributed by atoms with E-state index >= 15 is 0 Å². The van der Waals surface area contributed by atoms with Crippen molar-refractivity contribution >= 4 is 11.6 Å². The Bertz CT molecular complexity index is 671. The number of oxazole rings is 1. The molecule has 0 aliphatic heterocycles. The summed E-state index contributed by atoms with van der Waals surface area (Å²) in [6.07, 6.45) is 7.02. The van der Waals surface area contributed by atoms with E-state index in [-0.39, 0.29) is 5.91 Å². The zero-order valence-electron chi connectivity index (χ0n) is 11.2. The summed E-state index contributed by atoms with van der Waals surface area (Å²) in [6, 6.07) is 6.17. The molecule has 1 N–H and O–H groups in total. The molecule has 0 radical (unpaired) electrons. The van der Waals surface area contributed by atoms with Gasteiger partial charge in [-0.25, -0.2) is 4.98 Å². The number of hydrogen-bond acceptors (Lipinski definition) is 3. The van der Waals surface area contributed by atoms with Gasteiger partial charge in [0.2, 0.25) is 0 Å². The third-order valence-corrected chi connectivity index (χ3v) is 4.11. The second-order valence-electron chi connectivity index (χ2n) is 5.63. The van der Waals surface area contributed by atoms with E-state index in [0.717, 1.165) is 37.1 Å². The van der Waals surface area contributed by atoms with Crippen LogP contribution in [-0.2, 0) is 12.8 Å². The van der Waals surface area contributed by atoms with Gasteiger partial charge in [0.25, 0.3) is 5.91 Å². The maximum absolute atomic E-state index is 12.3. The van der Waals surface area contributed by atoms with Crippen molar-refractivity contribution in [3.8, 4) is 0 Å². The quantitative estimate of drug-likeness (QED) is 0.929. The van der Waals surface area contributed by atoms with Crippen molar-refractivity contribution in [2.45, 2.75) is 38.0 Å². The Kier molecular flexibility index (Phi) is 2.62. The van der Waals surface area contributed by atoms with E-state index in [4.69, 9.17) is 4.42 Å². The van der Waals surface area contributed by atoms with Gasteiger partial charge in [0.05, 0.1) is 0 Å². The molecule has 2 aromatic rings.